The summed E-state index contributed by atoms with van der Waals surface area (Å²) < 4.78 is 0. The van der Waals surface area contributed by atoms with Gasteiger partial charge in [-0.25, -0.2) is 4.98 Å². The second kappa shape index (κ2) is 3.48. The summed E-state index contributed by atoms with van der Waals surface area (Å²) in [6.45, 7) is 8.65. The average Bonchev–Trinajstić information content (AvgIpc) is 2.17. The first-order valence-corrected chi connectivity index (χ1v) is 5.55. The summed E-state index contributed by atoms with van der Waals surface area (Å²) in [4.78, 5) is 4.29. The van der Waals surface area contributed by atoms with Gasteiger partial charge in [-0.2, -0.15) is 0 Å². The number of fused-ring (bicyclic) bond motifs is 1. The molecule has 2 heteroatoms. The zero-order valence-electron chi connectivity index (χ0n) is 10.3. The van der Waals surface area contributed by atoms with Gasteiger partial charge >= 0.3 is 0 Å². The summed E-state index contributed by atoms with van der Waals surface area (Å²) >= 11 is 0. The molecule has 16 heavy (non-hydrogen) atoms. The molecular weight excluding hydrogens is 196 g/mol. The highest BCUT2D eigenvalue weighted by Gasteiger charge is 2.18. The summed E-state index contributed by atoms with van der Waals surface area (Å²) in [6, 6.07) is 6.37. The van der Waals surface area contributed by atoms with E-state index in [0.717, 1.165) is 5.39 Å². The topological polar surface area (TPSA) is 38.9 Å². The minimum Gasteiger partial charge on any atom is -0.383 e. The Morgan fingerprint density at radius 3 is 2.44 bits per heavy atom. The van der Waals surface area contributed by atoms with E-state index in [0.29, 0.717) is 5.82 Å². The SMILES string of the molecule is Cc1ccc2c(C(C)(C)C)cnc(N)c2c1. The zero-order chi connectivity index (χ0) is 11.9. The molecule has 0 amide bonds. The molecule has 84 valence electrons. The van der Waals surface area contributed by atoms with Gasteiger partial charge < -0.3 is 5.73 Å². The Labute approximate surface area is 96.5 Å². The van der Waals surface area contributed by atoms with Gasteiger partial charge in [-0.3, -0.25) is 0 Å². The van der Waals surface area contributed by atoms with Gasteiger partial charge in [0.2, 0.25) is 0 Å². The number of hydrogen-bond donors (Lipinski definition) is 1. The normalized spacial score (nSPS) is 12.0. The van der Waals surface area contributed by atoms with Gasteiger partial charge in [0, 0.05) is 11.6 Å². The van der Waals surface area contributed by atoms with E-state index in [4.69, 9.17) is 5.73 Å². The van der Waals surface area contributed by atoms with Crippen molar-refractivity contribution < 1.29 is 0 Å². The van der Waals surface area contributed by atoms with Gasteiger partial charge in [-0.1, -0.05) is 38.5 Å². The molecule has 2 aromatic rings. The van der Waals surface area contributed by atoms with E-state index in [1.54, 1.807) is 0 Å². The van der Waals surface area contributed by atoms with Crippen molar-refractivity contribution in [3.05, 3.63) is 35.5 Å². The number of aryl methyl sites for hydroxylation is 1. The van der Waals surface area contributed by atoms with Gasteiger partial charge in [0.05, 0.1) is 0 Å². The summed E-state index contributed by atoms with van der Waals surface area (Å²) in [6.07, 6.45) is 1.90. The second-order valence-corrected chi connectivity index (χ2v) is 5.36. The van der Waals surface area contributed by atoms with Crippen LogP contribution in [0.1, 0.15) is 31.9 Å². The van der Waals surface area contributed by atoms with Crippen molar-refractivity contribution in [2.45, 2.75) is 33.1 Å². The molecule has 1 aromatic heterocycles. The largest absolute Gasteiger partial charge is 0.383 e. The number of rotatable bonds is 0. The third kappa shape index (κ3) is 1.75. The average molecular weight is 214 g/mol. The summed E-state index contributed by atoms with van der Waals surface area (Å²) in [7, 11) is 0. The number of nitrogen functional groups attached to an aromatic ring is 1. The maximum absolute atomic E-state index is 5.93. The molecule has 0 radical (unpaired) electrons. The van der Waals surface area contributed by atoms with Gasteiger partial charge in [0.1, 0.15) is 5.82 Å². The van der Waals surface area contributed by atoms with Crippen molar-refractivity contribution in [3.63, 3.8) is 0 Å². The van der Waals surface area contributed by atoms with E-state index in [1.807, 2.05) is 6.20 Å². The Morgan fingerprint density at radius 2 is 1.81 bits per heavy atom. The number of nitrogens with two attached hydrogens (primary N) is 1. The quantitative estimate of drug-likeness (QED) is 0.729. The number of benzene rings is 1. The van der Waals surface area contributed by atoms with Crippen molar-refractivity contribution in [2.24, 2.45) is 0 Å². The van der Waals surface area contributed by atoms with E-state index in [-0.39, 0.29) is 5.41 Å². The van der Waals surface area contributed by atoms with Crippen LogP contribution in [0.25, 0.3) is 10.8 Å². The number of nitrogens with zero attached hydrogens (tertiary/aromatic N) is 1. The molecule has 0 saturated carbocycles. The first kappa shape index (κ1) is 10.9. The van der Waals surface area contributed by atoms with Crippen LogP contribution in [0, 0.1) is 6.92 Å². The summed E-state index contributed by atoms with van der Waals surface area (Å²) in [5, 5.41) is 2.28. The minimum absolute atomic E-state index is 0.0915. The maximum Gasteiger partial charge on any atom is 0.131 e. The molecule has 2 N–H and O–H groups in total. The predicted molar refractivity (Wildman–Crippen MR) is 69.6 cm³/mol. The highest BCUT2D eigenvalue weighted by Crippen LogP contribution is 2.31. The molecule has 0 saturated heterocycles. The van der Waals surface area contributed by atoms with E-state index in [9.17, 15) is 0 Å². The molecule has 0 aliphatic rings. The van der Waals surface area contributed by atoms with Crippen LogP contribution in [0.5, 0.6) is 0 Å². The molecular formula is C14H18N2. The molecule has 1 heterocycles. The van der Waals surface area contributed by atoms with Gasteiger partial charge in [0.25, 0.3) is 0 Å². The van der Waals surface area contributed by atoms with Crippen molar-refractivity contribution in [3.8, 4) is 0 Å². The maximum atomic E-state index is 5.93. The number of anilines is 1. The van der Waals surface area contributed by atoms with Crippen LogP contribution in [0.3, 0.4) is 0 Å². The number of aromatic nitrogens is 1. The van der Waals surface area contributed by atoms with Gasteiger partial charge in [0.15, 0.2) is 0 Å². The van der Waals surface area contributed by atoms with E-state index >= 15 is 0 Å². The first-order valence-electron chi connectivity index (χ1n) is 5.55. The van der Waals surface area contributed by atoms with Crippen LogP contribution in [0.2, 0.25) is 0 Å². The van der Waals surface area contributed by atoms with E-state index in [1.165, 1.54) is 16.5 Å². The second-order valence-electron chi connectivity index (χ2n) is 5.36. The van der Waals surface area contributed by atoms with Crippen molar-refractivity contribution in [1.29, 1.82) is 0 Å². The summed E-state index contributed by atoms with van der Waals surface area (Å²) in [5.74, 6) is 0.617. The van der Waals surface area contributed by atoms with Crippen LogP contribution < -0.4 is 5.73 Å². The highest BCUT2D eigenvalue weighted by atomic mass is 14.8. The standard InChI is InChI=1S/C14H18N2/c1-9-5-6-10-11(7-9)13(15)16-8-12(10)14(2,3)4/h5-8H,1-4H3,(H2,15,16). The van der Waals surface area contributed by atoms with E-state index in [2.05, 4.69) is 50.9 Å². The minimum atomic E-state index is 0.0915. The lowest BCUT2D eigenvalue weighted by atomic mass is 9.85. The van der Waals surface area contributed by atoms with Gasteiger partial charge in [-0.05, 0) is 29.4 Å². The lowest BCUT2D eigenvalue weighted by molar-refractivity contribution is 0.593. The fourth-order valence-corrected chi connectivity index (χ4v) is 1.98. The van der Waals surface area contributed by atoms with Crippen LogP contribution in [0.4, 0.5) is 5.82 Å². The summed E-state index contributed by atoms with van der Waals surface area (Å²) in [5.41, 5.74) is 8.48. The fraction of sp³-hybridized carbons (Fsp3) is 0.357. The lowest BCUT2D eigenvalue weighted by Gasteiger charge is -2.21. The third-order valence-electron chi connectivity index (χ3n) is 2.88. The monoisotopic (exact) mass is 214 g/mol. The molecule has 0 aliphatic carbocycles. The third-order valence-corrected chi connectivity index (χ3v) is 2.88. The Morgan fingerprint density at radius 1 is 1.12 bits per heavy atom. The number of hydrogen-bond acceptors (Lipinski definition) is 2. The molecule has 0 spiro atoms. The predicted octanol–water partition coefficient (Wildman–Crippen LogP) is 3.42. The van der Waals surface area contributed by atoms with Crippen molar-refractivity contribution >= 4 is 16.6 Å². The Bertz CT molecular complexity index is 536. The number of pyridine rings is 1. The smallest absolute Gasteiger partial charge is 0.131 e. The molecule has 2 nitrogen and oxygen atoms in total. The molecule has 0 unspecified atom stereocenters. The Balaban J connectivity index is 2.85. The highest BCUT2D eigenvalue weighted by molar-refractivity contribution is 5.94. The van der Waals surface area contributed by atoms with Crippen LogP contribution in [0.15, 0.2) is 24.4 Å². The zero-order valence-corrected chi connectivity index (χ0v) is 10.3. The molecule has 2 rings (SSSR count). The van der Waals surface area contributed by atoms with Crippen LogP contribution in [-0.2, 0) is 5.41 Å². The van der Waals surface area contributed by atoms with Crippen molar-refractivity contribution in [2.75, 3.05) is 5.73 Å². The van der Waals surface area contributed by atoms with E-state index < -0.39 is 0 Å². The van der Waals surface area contributed by atoms with Crippen molar-refractivity contribution in [1.82, 2.24) is 4.98 Å². The Kier molecular flexibility index (Phi) is 2.38. The fourth-order valence-electron chi connectivity index (χ4n) is 1.98. The first-order chi connectivity index (χ1) is 7.39. The lowest BCUT2D eigenvalue weighted by Crippen LogP contribution is -2.13. The van der Waals surface area contributed by atoms with Gasteiger partial charge in [-0.15, -0.1) is 0 Å². The molecule has 0 atom stereocenters. The molecule has 0 aliphatic heterocycles. The molecule has 0 bridgehead atoms. The molecule has 0 fully saturated rings. The van der Waals surface area contributed by atoms with Crippen LogP contribution >= 0.6 is 0 Å². The Hall–Kier alpha value is -1.57. The van der Waals surface area contributed by atoms with Crippen LogP contribution in [-0.4, -0.2) is 4.98 Å². The molecule has 1 aromatic carbocycles.